The van der Waals surface area contributed by atoms with Crippen molar-refractivity contribution in [3.8, 4) is 0 Å². The summed E-state index contributed by atoms with van der Waals surface area (Å²) in [5.74, 6) is -5.75. The van der Waals surface area contributed by atoms with Crippen molar-refractivity contribution in [2.45, 2.75) is 128 Å². The molecule has 0 unspecified atom stereocenters. The van der Waals surface area contributed by atoms with E-state index in [1.807, 2.05) is 24.8 Å². The number of benzene rings is 2. The van der Waals surface area contributed by atoms with Gasteiger partial charge < -0.3 is 50.3 Å². The van der Waals surface area contributed by atoms with Crippen molar-refractivity contribution in [3.63, 3.8) is 0 Å². The van der Waals surface area contributed by atoms with Crippen LogP contribution in [0.2, 0.25) is 5.02 Å². The topological polar surface area (TPSA) is 216 Å². The molecule has 20 heteroatoms. The number of anilines is 1. The molecule has 0 spiro atoms. The van der Waals surface area contributed by atoms with Gasteiger partial charge in [-0.15, -0.1) is 0 Å². The monoisotopic (exact) mass is 952 g/mol. The van der Waals surface area contributed by atoms with Crippen LogP contribution >= 0.6 is 11.6 Å². The molecule has 4 aliphatic heterocycles. The second-order valence-electron chi connectivity index (χ2n) is 18.5. The summed E-state index contributed by atoms with van der Waals surface area (Å²) in [6.45, 7) is 7.12. The van der Waals surface area contributed by atoms with Crippen LogP contribution in [0.5, 0.6) is 0 Å². The van der Waals surface area contributed by atoms with Crippen LogP contribution in [0.25, 0.3) is 0 Å². The number of nitrogens with zero attached hydrogens (tertiary/aromatic N) is 4. The lowest BCUT2D eigenvalue weighted by atomic mass is 9.93. The molecule has 0 bridgehead atoms. The van der Waals surface area contributed by atoms with Gasteiger partial charge in [0.2, 0.25) is 29.5 Å². The fraction of sp³-hybridized carbons (Fsp3) is 0.574. The first-order chi connectivity index (χ1) is 31.8. The quantitative estimate of drug-likeness (QED) is 0.254. The molecule has 18 nitrogen and oxygen atoms in total. The summed E-state index contributed by atoms with van der Waals surface area (Å²) in [4.78, 5) is 119. The summed E-state index contributed by atoms with van der Waals surface area (Å²) >= 11 is 5.92. The second kappa shape index (κ2) is 22.3. The molecule has 4 aliphatic rings. The number of cyclic esters (lactones) is 1. The first-order valence-electron chi connectivity index (χ1n) is 22.9. The Morgan fingerprint density at radius 3 is 2.37 bits per heavy atom. The van der Waals surface area contributed by atoms with Gasteiger partial charge >= 0.3 is 18.0 Å². The molecule has 9 atom stereocenters. The highest BCUT2D eigenvalue weighted by Crippen LogP contribution is 2.30. The number of hydrogen-bond donors (Lipinski definition) is 4. The minimum absolute atomic E-state index is 0.0126. The van der Waals surface area contributed by atoms with Crippen molar-refractivity contribution in [1.29, 1.82) is 0 Å². The highest BCUT2D eigenvalue weighted by atomic mass is 35.5. The van der Waals surface area contributed by atoms with Crippen LogP contribution in [-0.2, 0) is 49.5 Å². The van der Waals surface area contributed by atoms with E-state index in [1.165, 1.54) is 40.7 Å². The maximum Gasteiger partial charge on any atom is 0.329 e. The van der Waals surface area contributed by atoms with Gasteiger partial charge in [0.25, 0.3) is 0 Å². The number of rotatable bonds is 10. The number of ether oxygens (including phenoxy) is 2. The predicted molar refractivity (Wildman–Crippen MR) is 244 cm³/mol. The smallest absolute Gasteiger partial charge is 0.329 e. The molecule has 2 aromatic rings. The van der Waals surface area contributed by atoms with E-state index in [4.69, 9.17) is 21.1 Å². The molecule has 4 fully saturated rings. The number of carbonyl (C=O) groups is 8. The molecule has 4 heterocycles. The predicted octanol–water partition coefficient (Wildman–Crippen LogP) is 2.93. The normalized spacial score (nSPS) is 26.7. The van der Waals surface area contributed by atoms with Gasteiger partial charge in [0.15, 0.2) is 0 Å². The van der Waals surface area contributed by atoms with Crippen molar-refractivity contribution >= 4 is 64.8 Å². The van der Waals surface area contributed by atoms with Crippen LogP contribution in [0.1, 0.15) is 76.8 Å². The van der Waals surface area contributed by atoms with Gasteiger partial charge in [-0.3, -0.25) is 28.8 Å². The third-order valence-electron chi connectivity index (χ3n) is 12.7. The van der Waals surface area contributed by atoms with Gasteiger partial charge in [-0.1, -0.05) is 48.4 Å². The standard InChI is InChI=1S/C47H62ClFN8O10/c1-26-10-9-11-30(20-26)22-35(52-47(65)51-34-15-13-31(48)23-33(34)49)41(59)53-40-29(4)66-46(64)38-21-27(2)24-56(38)43(61)28(3)50-42(60)36-12-7-8-18-55(36)44(62)37-16-14-32(25-57(37)45(40)63)67-39(58)17-19-54(5)6/h9-11,13,15,20,23,27-29,32,35-38,40H,7-8,12,14,16-19,21-22,24-25H2,1-6H3,(H,50,60)(H,53,59)(H2,51,52,65)/t27-,28+,29+,32-,35+,36+,37+,38+,40+/m1/s1. The molecule has 0 radical (unpaired) electrons. The van der Waals surface area contributed by atoms with Gasteiger partial charge in [0.1, 0.15) is 54.3 Å². The maximum atomic E-state index is 15.4. The third kappa shape index (κ3) is 12.8. The molecular formula is C47H62ClFN8O10. The number of aryl methyl sites for hydroxylation is 1. The van der Waals surface area contributed by atoms with Crippen LogP contribution in [0, 0.1) is 18.7 Å². The van der Waals surface area contributed by atoms with Crippen LogP contribution < -0.4 is 21.3 Å². The Balaban J connectivity index is 1.39. The molecule has 364 valence electrons. The highest BCUT2D eigenvalue weighted by Gasteiger charge is 2.48. The number of nitrogens with one attached hydrogen (secondary N) is 4. The lowest BCUT2D eigenvalue weighted by Gasteiger charge is -2.44. The van der Waals surface area contributed by atoms with Gasteiger partial charge in [0.05, 0.1) is 18.7 Å². The molecular weight excluding hydrogens is 891 g/mol. The summed E-state index contributed by atoms with van der Waals surface area (Å²) in [5, 5.41) is 10.6. The van der Waals surface area contributed by atoms with Crippen molar-refractivity contribution < 1.29 is 52.2 Å². The second-order valence-corrected chi connectivity index (χ2v) is 18.9. The van der Waals surface area contributed by atoms with E-state index in [0.717, 1.165) is 11.6 Å². The molecule has 67 heavy (non-hydrogen) atoms. The summed E-state index contributed by atoms with van der Waals surface area (Å²) in [6, 6.07) is 2.33. The Labute approximate surface area is 394 Å². The largest absolute Gasteiger partial charge is 0.460 e. The van der Waals surface area contributed by atoms with Gasteiger partial charge in [-0.2, -0.15) is 0 Å². The molecule has 4 saturated heterocycles. The molecule has 0 aromatic heterocycles. The average Bonchev–Trinajstić information content (AvgIpc) is 3.68. The Hall–Kier alpha value is -5.82. The Morgan fingerprint density at radius 1 is 0.910 bits per heavy atom. The molecule has 0 aliphatic carbocycles. The van der Waals surface area contributed by atoms with E-state index in [1.54, 1.807) is 32.3 Å². The van der Waals surface area contributed by atoms with Gasteiger partial charge in [-0.05, 0) is 103 Å². The molecule has 4 N–H and O–H groups in total. The van der Waals surface area contributed by atoms with E-state index in [0.29, 0.717) is 31.4 Å². The zero-order valence-corrected chi connectivity index (χ0v) is 39.6. The number of fused-ring (bicyclic) bond motifs is 3. The molecule has 0 saturated carbocycles. The highest BCUT2D eigenvalue weighted by molar-refractivity contribution is 6.30. The van der Waals surface area contributed by atoms with Crippen LogP contribution in [-0.4, -0.2) is 156 Å². The fourth-order valence-electron chi connectivity index (χ4n) is 9.22. The lowest BCUT2D eigenvalue weighted by Crippen LogP contribution is -2.66. The van der Waals surface area contributed by atoms with E-state index in [9.17, 15) is 38.0 Å². The van der Waals surface area contributed by atoms with Gasteiger partial charge in [0, 0.05) is 31.1 Å². The zero-order valence-electron chi connectivity index (χ0n) is 38.9. The minimum Gasteiger partial charge on any atom is -0.460 e. The first kappa shape index (κ1) is 50.6. The zero-order chi connectivity index (χ0) is 48.7. The molecule has 7 amide bonds. The van der Waals surface area contributed by atoms with Crippen molar-refractivity contribution in [2.24, 2.45) is 5.92 Å². The number of piperidine rings is 2. The van der Waals surface area contributed by atoms with Crippen LogP contribution in [0.15, 0.2) is 42.5 Å². The van der Waals surface area contributed by atoms with E-state index < -0.39 is 102 Å². The Bertz CT molecular complexity index is 2210. The van der Waals surface area contributed by atoms with Crippen LogP contribution in [0.4, 0.5) is 14.9 Å². The molecule has 2 aromatic carbocycles. The van der Waals surface area contributed by atoms with Crippen molar-refractivity contribution in [1.82, 2.24) is 35.6 Å². The first-order valence-corrected chi connectivity index (χ1v) is 23.3. The number of hydrogen-bond acceptors (Lipinski definition) is 11. The SMILES string of the molecule is Cc1cccc(C[C@H](NC(=O)Nc2ccc(Cl)cc2F)C(=O)N[C@@H]2C(=O)N3C[C@H](OC(=O)CCN(C)C)CC[C@H]3C(=O)N3CCCC[C@H]3C(=O)N[C@@H](C)C(=O)N3C[C@H](C)C[C@H]3C(=O)O[C@H]2C)c1. The fourth-order valence-corrected chi connectivity index (χ4v) is 9.38. The minimum atomic E-state index is -1.72. The van der Waals surface area contributed by atoms with E-state index in [2.05, 4.69) is 21.3 Å². The van der Waals surface area contributed by atoms with Crippen molar-refractivity contribution in [3.05, 3.63) is 64.4 Å². The van der Waals surface area contributed by atoms with E-state index in [-0.39, 0.29) is 68.4 Å². The lowest BCUT2D eigenvalue weighted by molar-refractivity contribution is -0.168. The summed E-state index contributed by atoms with van der Waals surface area (Å²) in [7, 11) is 3.61. The van der Waals surface area contributed by atoms with Crippen LogP contribution in [0.3, 0.4) is 0 Å². The summed E-state index contributed by atoms with van der Waals surface area (Å²) in [5.41, 5.74) is 1.25. The van der Waals surface area contributed by atoms with Gasteiger partial charge in [-0.25, -0.2) is 14.0 Å². The number of esters is 2. The Morgan fingerprint density at radius 2 is 1.66 bits per heavy atom. The number of halogens is 2. The Kier molecular flexibility index (Phi) is 16.9. The summed E-state index contributed by atoms with van der Waals surface area (Å²) < 4.78 is 26.7. The summed E-state index contributed by atoms with van der Waals surface area (Å²) in [6.07, 6.45) is -0.454. The number of urea groups is 1. The molecule has 6 rings (SSSR count). The van der Waals surface area contributed by atoms with E-state index >= 15 is 4.79 Å². The average molecular weight is 954 g/mol. The maximum absolute atomic E-state index is 15.4. The van der Waals surface area contributed by atoms with Crippen molar-refractivity contribution in [2.75, 3.05) is 45.6 Å². The number of amides is 7. The number of carbonyl (C=O) groups excluding carboxylic acids is 8. The third-order valence-corrected chi connectivity index (χ3v) is 12.9.